The van der Waals surface area contributed by atoms with Gasteiger partial charge in [0.05, 0.1) is 11.8 Å². The molecular formula is C19H31N3O4S. The first-order valence-corrected chi connectivity index (χ1v) is 11.0. The van der Waals surface area contributed by atoms with Gasteiger partial charge in [0.1, 0.15) is 0 Å². The molecule has 1 heterocycles. The average molecular weight is 398 g/mol. The Bertz CT molecular complexity index is 688. The number of nitrogens with zero attached hydrogens (tertiary/aromatic N) is 3. The number of sulfonamides is 1. The smallest absolute Gasteiger partial charge is 0.239 e. The second-order valence-electron chi connectivity index (χ2n) is 6.97. The van der Waals surface area contributed by atoms with Crippen molar-refractivity contribution in [2.24, 2.45) is 0 Å². The first-order valence-electron chi connectivity index (χ1n) is 9.35. The van der Waals surface area contributed by atoms with Gasteiger partial charge in [-0.1, -0.05) is 30.3 Å². The Labute approximate surface area is 162 Å². The number of methoxy groups -OCH3 is 1. The average Bonchev–Trinajstić information content (AvgIpc) is 2.67. The maximum absolute atomic E-state index is 12.7. The summed E-state index contributed by atoms with van der Waals surface area (Å²) in [5, 5.41) is 0. The Morgan fingerprint density at radius 1 is 1.19 bits per heavy atom. The minimum Gasteiger partial charge on any atom is -0.385 e. The Balaban J connectivity index is 1.85. The minimum atomic E-state index is -3.37. The van der Waals surface area contributed by atoms with Crippen molar-refractivity contribution >= 4 is 15.9 Å². The van der Waals surface area contributed by atoms with Crippen molar-refractivity contribution in [3.05, 3.63) is 35.9 Å². The van der Waals surface area contributed by atoms with Gasteiger partial charge < -0.3 is 9.64 Å². The van der Waals surface area contributed by atoms with Crippen molar-refractivity contribution in [2.45, 2.75) is 25.1 Å². The summed E-state index contributed by atoms with van der Waals surface area (Å²) in [6, 6.07) is 8.96. The predicted octanol–water partition coefficient (Wildman–Crippen LogP) is 1.02. The third-order valence-corrected chi connectivity index (χ3v) is 6.86. The Kier molecular flexibility index (Phi) is 8.22. The highest BCUT2D eigenvalue weighted by Gasteiger charge is 2.31. The number of hydrogen-bond donors (Lipinski definition) is 0. The highest BCUT2D eigenvalue weighted by molar-refractivity contribution is 7.88. The van der Waals surface area contributed by atoms with E-state index >= 15 is 0 Å². The fourth-order valence-corrected chi connectivity index (χ4v) is 4.68. The van der Waals surface area contributed by atoms with Gasteiger partial charge in [0.2, 0.25) is 15.9 Å². The number of rotatable bonds is 9. The van der Waals surface area contributed by atoms with E-state index in [-0.39, 0.29) is 17.7 Å². The number of hydrogen-bond acceptors (Lipinski definition) is 5. The van der Waals surface area contributed by atoms with E-state index in [2.05, 4.69) is 0 Å². The summed E-state index contributed by atoms with van der Waals surface area (Å²) in [6.07, 6.45) is 0.871. The molecule has 1 aromatic carbocycles. The molecular weight excluding hydrogens is 366 g/mol. The van der Waals surface area contributed by atoms with Crippen LogP contribution in [0.4, 0.5) is 0 Å². The van der Waals surface area contributed by atoms with E-state index in [4.69, 9.17) is 4.74 Å². The van der Waals surface area contributed by atoms with Gasteiger partial charge in [-0.15, -0.1) is 0 Å². The normalized spacial score (nSPS) is 17.3. The topological polar surface area (TPSA) is 70.2 Å². The second-order valence-corrected chi connectivity index (χ2v) is 8.94. The van der Waals surface area contributed by atoms with Crippen LogP contribution in [0.25, 0.3) is 0 Å². The predicted molar refractivity (Wildman–Crippen MR) is 106 cm³/mol. The molecule has 27 heavy (non-hydrogen) atoms. The van der Waals surface area contributed by atoms with Gasteiger partial charge in [-0.25, -0.2) is 8.42 Å². The van der Waals surface area contributed by atoms with Gasteiger partial charge in [-0.05, 0) is 26.0 Å². The van der Waals surface area contributed by atoms with E-state index in [1.807, 2.05) is 49.2 Å². The first-order chi connectivity index (χ1) is 12.8. The SMILES string of the molecule is COCCCN(C)C(C)C(=O)N1CCN(S(=O)(=O)Cc2ccccc2)CC1. The van der Waals surface area contributed by atoms with Crippen LogP contribution in [0.5, 0.6) is 0 Å². The third-order valence-electron chi connectivity index (χ3n) is 5.01. The van der Waals surface area contributed by atoms with Gasteiger partial charge >= 0.3 is 0 Å². The number of amides is 1. The molecule has 152 valence electrons. The van der Waals surface area contributed by atoms with E-state index < -0.39 is 10.0 Å². The zero-order chi connectivity index (χ0) is 19.9. The molecule has 1 aliphatic rings. The molecule has 0 spiro atoms. The quantitative estimate of drug-likeness (QED) is 0.582. The number of ether oxygens (including phenoxy) is 1. The Morgan fingerprint density at radius 2 is 1.81 bits per heavy atom. The maximum atomic E-state index is 12.7. The number of likely N-dealkylation sites (N-methyl/N-ethyl adjacent to an activating group) is 1. The minimum absolute atomic E-state index is 0.000423. The lowest BCUT2D eigenvalue weighted by molar-refractivity contribution is -0.137. The van der Waals surface area contributed by atoms with Crippen LogP contribution >= 0.6 is 0 Å². The van der Waals surface area contributed by atoms with Gasteiger partial charge in [0, 0.05) is 46.4 Å². The van der Waals surface area contributed by atoms with Gasteiger partial charge in [-0.3, -0.25) is 9.69 Å². The first kappa shape index (κ1) is 21.8. The number of piperazine rings is 1. The molecule has 0 bridgehead atoms. The van der Waals surface area contributed by atoms with Crippen LogP contribution in [-0.4, -0.2) is 88.0 Å². The molecule has 2 rings (SSSR count). The van der Waals surface area contributed by atoms with Crippen LogP contribution in [0.1, 0.15) is 18.9 Å². The maximum Gasteiger partial charge on any atom is 0.239 e. The van der Waals surface area contributed by atoms with Crippen molar-refractivity contribution in [3.63, 3.8) is 0 Å². The molecule has 1 amide bonds. The van der Waals surface area contributed by atoms with Crippen LogP contribution in [-0.2, 0) is 25.3 Å². The highest BCUT2D eigenvalue weighted by atomic mass is 32.2. The second kappa shape index (κ2) is 10.2. The van der Waals surface area contributed by atoms with Crippen LogP contribution in [0.2, 0.25) is 0 Å². The summed E-state index contributed by atoms with van der Waals surface area (Å²) in [7, 11) is 0.230. The molecule has 0 saturated carbocycles. The van der Waals surface area contributed by atoms with Gasteiger partial charge in [-0.2, -0.15) is 4.31 Å². The van der Waals surface area contributed by atoms with Crippen molar-refractivity contribution in [1.82, 2.24) is 14.1 Å². The Morgan fingerprint density at radius 3 is 2.41 bits per heavy atom. The lowest BCUT2D eigenvalue weighted by atomic mass is 10.2. The van der Waals surface area contributed by atoms with E-state index in [9.17, 15) is 13.2 Å². The van der Waals surface area contributed by atoms with E-state index in [1.165, 1.54) is 4.31 Å². The molecule has 7 nitrogen and oxygen atoms in total. The zero-order valence-electron chi connectivity index (χ0n) is 16.5. The van der Waals surface area contributed by atoms with Crippen molar-refractivity contribution in [2.75, 3.05) is 53.5 Å². The molecule has 1 fully saturated rings. The molecule has 0 radical (unpaired) electrons. The van der Waals surface area contributed by atoms with E-state index in [0.29, 0.717) is 32.8 Å². The summed E-state index contributed by atoms with van der Waals surface area (Å²) in [5.74, 6) is 0.0514. The fourth-order valence-electron chi connectivity index (χ4n) is 3.17. The highest BCUT2D eigenvalue weighted by Crippen LogP contribution is 2.15. The van der Waals surface area contributed by atoms with Crippen molar-refractivity contribution in [1.29, 1.82) is 0 Å². The number of carbonyl (C=O) groups is 1. The summed E-state index contributed by atoms with van der Waals surface area (Å²) < 4.78 is 31.8. The van der Waals surface area contributed by atoms with Crippen LogP contribution in [0.3, 0.4) is 0 Å². The zero-order valence-corrected chi connectivity index (χ0v) is 17.3. The van der Waals surface area contributed by atoms with Crippen LogP contribution in [0, 0.1) is 0 Å². The molecule has 8 heteroatoms. The molecule has 1 saturated heterocycles. The monoisotopic (exact) mass is 397 g/mol. The molecule has 1 atom stereocenters. The summed E-state index contributed by atoms with van der Waals surface area (Å²) in [5.41, 5.74) is 0.780. The van der Waals surface area contributed by atoms with Crippen molar-refractivity contribution in [3.8, 4) is 0 Å². The number of benzene rings is 1. The third kappa shape index (κ3) is 6.27. The van der Waals surface area contributed by atoms with Gasteiger partial charge in [0.25, 0.3) is 0 Å². The van der Waals surface area contributed by atoms with E-state index in [0.717, 1.165) is 18.5 Å². The van der Waals surface area contributed by atoms with Crippen LogP contribution in [0.15, 0.2) is 30.3 Å². The summed E-state index contributed by atoms with van der Waals surface area (Å²) in [4.78, 5) is 16.5. The standard InChI is InChI=1S/C19H31N3O4S/c1-17(20(2)10-7-15-26-3)19(23)21-11-13-22(14-12-21)27(24,25)16-18-8-5-4-6-9-18/h4-6,8-9,17H,7,10-16H2,1-3H3. The molecule has 0 aromatic heterocycles. The Hall–Kier alpha value is -1.48. The molecule has 1 unspecified atom stereocenters. The van der Waals surface area contributed by atoms with E-state index in [1.54, 1.807) is 12.0 Å². The van der Waals surface area contributed by atoms with Crippen LogP contribution < -0.4 is 0 Å². The van der Waals surface area contributed by atoms with Gasteiger partial charge in [0.15, 0.2) is 0 Å². The fraction of sp³-hybridized carbons (Fsp3) is 0.632. The molecule has 1 aromatic rings. The number of carbonyl (C=O) groups excluding carboxylic acids is 1. The largest absolute Gasteiger partial charge is 0.385 e. The summed E-state index contributed by atoms with van der Waals surface area (Å²) >= 11 is 0. The molecule has 1 aliphatic heterocycles. The molecule has 0 N–H and O–H groups in total. The molecule has 0 aliphatic carbocycles. The summed E-state index contributed by atoms with van der Waals surface area (Å²) in [6.45, 7) is 4.91. The lowest BCUT2D eigenvalue weighted by Gasteiger charge is -2.37. The lowest BCUT2D eigenvalue weighted by Crippen LogP contribution is -2.54. The van der Waals surface area contributed by atoms with Crippen molar-refractivity contribution < 1.29 is 17.9 Å².